The number of carbonyl (C=O) groups is 3. The van der Waals surface area contributed by atoms with Gasteiger partial charge in [0.2, 0.25) is 0 Å². The Kier molecular flexibility index (Phi) is 4.43. The number of allylic oxidation sites excluding steroid dienone is 2. The summed E-state index contributed by atoms with van der Waals surface area (Å²) in [7, 11) is 2.54. The number of hydrogen-bond acceptors (Lipinski definition) is 5. The molecular formula is C12H16O5. The molecule has 5 nitrogen and oxygen atoms in total. The molecule has 1 aliphatic carbocycles. The molecule has 1 rings (SSSR count). The van der Waals surface area contributed by atoms with E-state index in [0.29, 0.717) is 12.0 Å². The minimum Gasteiger partial charge on any atom is -0.469 e. The number of methoxy groups -OCH3 is 2. The van der Waals surface area contributed by atoms with Crippen LogP contribution < -0.4 is 0 Å². The van der Waals surface area contributed by atoms with E-state index in [-0.39, 0.29) is 12.2 Å². The third kappa shape index (κ3) is 2.93. The first kappa shape index (κ1) is 13.4. The summed E-state index contributed by atoms with van der Waals surface area (Å²) in [6, 6.07) is 0. The molecule has 0 aromatic rings. The van der Waals surface area contributed by atoms with E-state index in [1.54, 1.807) is 6.08 Å². The van der Waals surface area contributed by atoms with Crippen molar-refractivity contribution in [3.63, 3.8) is 0 Å². The molecule has 0 aliphatic heterocycles. The summed E-state index contributed by atoms with van der Waals surface area (Å²) in [6.45, 7) is 1.44. The van der Waals surface area contributed by atoms with Gasteiger partial charge in [-0.15, -0.1) is 0 Å². The fraction of sp³-hybridized carbons (Fsp3) is 0.583. The zero-order valence-electron chi connectivity index (χ0n) is 10.2. The van der Waals surface area contributed by atoms with E-state index in [4.69, 9.17) is 0 Å². The number of esters is 2. The quantitative estimate of drug-likeness (QED) is 0.685. The molecule has 2 unspecified atom stereocenters. The summed E-state index contributed by atoms with van der Waals surface area (Å²) in [6.07, 6.45) is 2.27. The van der Waals surface area contributed by atoms with Gasteiger partial charge in [-0.2, -0.15) is 0 Å². The molecular weight excluding hydrogens is 224 g/mol. The van der Waals surface area contributed by atoms with Crippen LogP contribution in [0.15, 0.2) is 11.6 Å². The first-order valence-electron chi connectivity index (χ1n) is 5.36. The van der Waals surface area contributed by atoms with Crippen LogP contribution in [0.2, 0.25) is 0 Å². The monoisotopic (exact) mass is 240 g/mol. The van der Waals surface area contributed by atoms with Crippen LogP contribution >= 0.6 is 0 Å². The molecule has 0 aromatic carbocycles. The van der Waals surface area contributed by atoms with Gasteiger partial charge in [-0.25, -0.2) is 0 Å². The predicted octanol–water partition coefficient (Wildman–Crippen LogP) is 0.874. The number of hydrogen-bond donors (Lipinski definition) is 0. The van der Waals surface area contributed by atoms with Crippen molar-refractivity contribution >= 4 is 17.7 Å². The van der Waals surface area contributed by atoms with Gasteiger partial charge in [0.1, 0.15) is 0 Å². The Morgan fingerprint density at radius 1 is 1.12 bits per heavy atom. The van der Waals surface area contributed by atoms with Gasteiger partial charge in [-0.05, 0) is 25.3 Å². The largest absolute Gasteiger partial charge is 0.469 e. The Morgan fingerprint density at radius 2 is 1.65 bits per heavy atom. The van der Waals surface area contributed by atoms with Crippen molar-refractivity contribution in [3.05, 3.63) is 11.6 Å². The van der Waals surface area contributed by atoms with Gasteiger partial charge in [0.15, 0.2) is 5.78 Å². The van der Waals surface area contributed by atoms with Gasteiger partial charge in [0.05, 0.1) is 26.1 Å². The molecule has 0 spiro atoms. The predicted molar refractivity (Wildman–Crippen MR) is 59.0 cm³/mol. The Morgan fingerprint density at radius 3 is 2.12 bits per heavy atom. The Labute approximate surface area is 99.8 Å². The summed E-state index contributed by atoms with van der Waals surface area (Å²) in [5, 5.41) is 0. The van der Waals surface area contributed by atoms with E-state index < -0.39 is 23.8 Å². The molecule has 17 heavy (non-hydrogen) atoms. The normalized spacial score (nSPS) is 23.6. The van der Waals surface area contributed by atoms with Gasteiger partial charge in [0, 0.05) is 0 Å². The molecule has 2 atom stereocenters. The van der Waals surface area contributed by atoms with Crippen LogP contribution in [0.25, 0.3) is 0 Å². The maximum Gasteiger partial charge on any atom is 0.309 e. The second-order valence-corrected chi connectivity index (χ2v) is 3.98. The highest BCUT2D eigenvalue weighted by atomic mass is 16.5. The van der Waals surface area contributed by atoms with Crippen molar-refractivity contribution in [2.75, 3.05) is 14.2 Å². The third-order valence-electron chi connectivity index (χ3n) is 3.00. The second kappa shape index (κ2) is 5.61. The van der Waals surface area contributed by atoms with E-state index in [2.05, 4.69) is 9.47 Å². The molecule has 0 aromatic heterocycles. The molecule has 5 heteroatoms. The van der Waals surface area contributed by atoms with Crippen LogP contribution in [0.4, 0.5) is 0 Å². The Bertz CT molecular complexity index is 369. The van der Waals surface area contributed by atoms with Crippen LogP contribution in [0.1, 0.15) is 19.8 Å². The first-order chi connectivity index (χ1) is 8.01. The molecule has 0 amide bonds. The highest BCUT2D eigenvalue weighted by Crippen LogP contribution is 2.31. The van der Waals surface area contributed by atoms with E-state index in [0.717, 1.165) is 0 Å². The lowest BCUT2D eigenvalue weighted by atomic mass is 9.78. The molecule has 0 bridgehead atoms. The third-order valence-corrected chi connectivity index (χ3v) is 3.00. The molecule has 0 fully saturated rings. The smallest absolute Gasteiger partial charge is 0.309 e. The lowest BCUT2D eigenvalue weighted by Gasteiger charge is -2.26. The van der Waals surface area contributed by atoms with Crippen molar-refractivity contribution in [2.45, 2.75) is 19.8 Å². The number of ether oxygens (including phenoxy) is 2. The maximum absolute atomic E-state index is 11.6. The summed E-state index contributed by atoms with van der Waals surface area (Å²) in [4.78, 5) is 34.4. The standard InChI is InChI=1S/C12H16O5/c1-7(13)8-4-5-9(11(14)16-2)10(6-8)12(15)17-3/h4,9-10H,5-6H2,1-3H3. The highest BCUT2D eigenvalue weighted by Gasteiger charge is 2.38. The van der Waals surface area contributed by atoms with Crippen molar-refractivity contribution in [1.29, 1.82) is 0 Å². The van der Waals surface area contributed by atoms with Crippen molar-refractivity contribution in [1.82, 2.24) is 0 Å². The van der Waals surface area contributed by atoms with Crippen LogP contribution in [-0.4, -0.2) is 31.9 Å². The van der Waals surface area contributed by atoms with Crippen LogP contribution in [0.3, 0.4) is 0 Å². The topological polar surface area (TPSA) is 69.7 Å². The van der Waals surface area contributed by atoms with Crippen molar-refractivity contribution < 1.29 is 23.9 Å². The zero-order valence-corrected chi connectivity index (χ0v) is 10.2. The number of ketones is 1. The lowest BCUT2D eigenvalue weighted by molar-refractivity contribution is -0.157. The van der Waals surface area contributed by atoms with Crippen LogP contribution in [0.5, 0.6) is 0 Å². The molecule has 0 radical (unpaired) electrons. The minimum atomic E-state index is -0.628. The van der Waals surface area contributed by atoms with Crippen molar-refractivity contribution in [3.8, 4) is 0 Å². The second-order valence-electron chi connectivity index (χ2n) is 3.98. The van der Waals surface area contributed by atoms with Gasteiger partial charge < -0.3 is 9.47 Å². The van der Waals surface area contributed by atoms with Gasteiger partial charge in [-0.3, -0.25) is 14.4 Å². The zero-order chi connectivity index (χ0) is 13.0. The Hall–Kier alpha value is -1.65. The fourth-order valence-electron chi connectivity index (χ4n) is 1.99. The first-order valence-corrected chi connectivity index (χ1v) is 5.36. The SMILES string of the molecule is COC(=O)C1CC=C(C(C)=O)CC1C(=O)OC. The summed E-state index contributed by atoms with van der Waals surface area (Å²) in [5.74, 6) is -2.19. The molecule has 0 heterocycles. The fourth-order valence-corrected chi connectivity index (χ4v) is 1.99. The average molecular weight is 240 g/mol. The maximum atomic E-state index is 11.6. The van der Waals surface area contributed by atoms with Crippen LogP contribution in [0, 0.1) is 11.8 Å². The van der Waals surface area contributed by atoms with Gasteiger partial charge in [0.25, 0.3) is 0 Å². The van der Waals surface area contributed by atoms with Crippen molar-refractivity contribution in [2.24, 2.45) is 11.8 Å². The molecule has 0 saturated heterocycles. The summed E-state index contributed by atoms with van der Waals surface area (Å²) < 4.78 is 9.31. The number of Topliss-reactive ketones (excluding diaryl/α,β-unsaturated/α-hetero) is 1. The highest BCUT2D eigenvalue weighted by molar-refractivity contribution is 5.95. The lowest BCUT2D eigenvalue weighted by Crippen LogP contribution is -2.34. The van der Waals surface area contributed by atoms with Gasteiger partial charge in [-0.1, -0.05) is 6.08 Å². The molecule has 1 aliphatic rings. The number of rotatable bonds is 3. The number of carbonyl (C=O) groups excluding carboxylic acids is 3. The molecule has 94 valence electrons. The van der Waals surface area contributed by atoms with E-state index in [1.807, 2.05) is 0 Å². The average Bonchev–Trinajstić information content (AvgIpc) is 2.35. The molecule has 0 N–H and O–H groups in total. The van der Waals surface area contributed by atoms with Gasteiger partial charge >= 0.3 is 11.9 Å². The molecule has 0 saturated carbocycles. The summed E-state index contributed by atoms with van der Waals surface area (Å²) in [5.41, 5.74) is 0.570. The minimum absolute atomic E-state index is 0.0813. The van der Waals surface area contributed by atoms with E-state index in [1.165, 1.54) is 21.1 Å². The van der Waals surface area contributed by atoms with E-state index in [9.17, 15) is 14.4 Å². The Balaban J connectivity index is 2.94. The van der Waals surface area contributed by atoms with E-state index >= 15 is 0 Å². The summed E-state index contributed by atoms with van der Waals surface area (Å²) >= 11 is 0. The van der Waals surface area contributed by atoms with Crippen LogP contribution in [-0.2, 0) is 23.9 Å².